The molecule has 3 aromatic rings. The third kappa shape index (κ3) is 5.52. The number of nitrogens with one attached hydrogen (secondary N) is 1. The summed E-state index contributed by atoms with van der Waals surface area (Å²) in [6, 6.07) is 13.6. The summed E-state index contributed by atoms with van der Waals surface area (Å²) in [5.41, 5.74) is 1.64. The van der Waals surface area contributed by atoms with E-state index in [-0.39, 0.29) is 16.8 Å². The lowest BCUT2D eigenvalue weighted by Gasteiger charge is -2.38. The maximum absolute atomic E-state index is 13.2. The predicted molar refractivity (Wildman–Crippen MR) is 130 cm³/mol. The second kappa shape index (κ2) is 9.76. The number of sulfonamides is 1. The first-order valence-corrected chi connectivity index (χ1v) is 13.0. The molecule has 33 heavy (non-hydrogen) atoms. The summed E-state index contributed by atoms with van der Waals surface area (Å²) in [5.74, 6) is 0.530. The Morgan fingerprint density at radius 2 is 1.85 bits per heavy atom. The zero-order chi connectivity index (χ0) is 23.6. The monoisotopic (exact) mass is 505 g/mol. The maximum atomic E-state index is 13.2. The first-order valence-electron chi connectivity index (χ1n) is 10.4. The zero-order valence-corrected chi connectivity index (χ0v) is 20.6. The molecule has 8 nitrogen and oxygen atoms in total. The number of amides is 1. The van der Waals surface area contributed by atoms with Crippen molar-refractivity contribution in [2.45, 2.75) is 31.2 Å². The molecule has 11 heteroatoms. The van der Waals surface area contributed by atoms with Gasteiger partial charge in [0.1, 0.15) is 5.82 Å². The lowest BCUT2D eigenvalue weighted by Crippen LogP contribution is -2.54. The van der Waals surface area contributed by atoms with Crippen LogP contribution in [0, 0.1) is 0 Å². The lowest BCUT2D eigenvalue weighted by atomic mass is 10.1. The Morgan fingerprint density at radius 3 is 2.48 bits per heavy atom. The number of benzene rings is 2. The van der Waals surface area contributed by atoms with Crippen molar-refractivity contribution in [1.82, 2.24) is 13.7 Å². The summed E-state index contributed by atoms with van der Waals surface area (Å²) >= 11 is 7.27. The quantitative estimate of drug-likeness (QED) is 0.549. The van der Waals surface area contributed by atoms with Gasteiger partial charge in [-0.2, -0.15) is 8.68 Å². The van der Waals surface area contributed by atoms with Gasteiger partial charge in [0.25, 0.3) is 0 Å². The van der Waals surface area contributed by atoms with Crippen LogP contribution < -0.4 is 10.2 Å². The molecule has 1 saturated heterocycles. The Labute approximate surface area is 202 Å². The van der Waals surface area contributed by atoms with Crippen molar-refractivity contribution in [1.29, 1.82) is 0 Å². The van der Waals surface area contributed by atoms with Crippen LogP contribution in [0.3, 0.4) is 0 Å². The van der Waals surface area contributed by atoms with E-state index < -0.39 is 10.0 Å². The van der Waals surface area contributed by atoms with Gasteiger partial charge in [0.05, 0.1) is 4.90 Å². The SMILES string of the molecule is CC(=O)Nc1ccc(S(=O)(=O)N2CCN(c3nc(Cc4ccc(Cl)cc4)ns3)CC2C)cc1. The van der Waals surface area contributed by atoms with Crippen LogP contribution in [0.4, 0.5) is 10.8 Å². The number of piperazine rings is 1. The highest BCUT2D eigenvalue weighted by atomic mass is 35.5. The first-order chi connectivity index (χ1) is 15.7. The lowest BCUT2D eigenvalue weighted by molar-refractivity contribution is -0.114. The fraction of sp³-hybridized carbons (Fsp3) is 0.318. The number of aromatic nitrogens is 2. The van der Waals surface area contributed by atoms with E-state index in [1.165, 1.54) is 34.9 Å². The van der Waals surface area contributed by atoms with E-state index in [2.05, 4.69) is 19.6 Å². The van der Waals surface area contributed by atoms with Crippen LogP contribution in [0.2, 0.25) is 5.02 Å². The van der Waals surface area contributed by atoms with Gasteiger partial charge in [-0.05, 0) is 48.9 Å². The van der Waals surface area contributed by atoms with Crippen molar-refractivity contribution in [3.8, 4) is 0 Å². The number of nitrogens with zero attached hydrogens (tertiary/aromatic N) is 4. The molecule has 1 atom stereocenters. The molecule has 0 aliphatic carbocycles. The Bertz CT molecular complexity index is 1230. The minimum Gasteiger partial charge on any atom is -0.344 e. The normalized spacial score (nSPS) is 17.2. The summed E-state index contributed by atoms with van der Waals surface area (Å²) in [7, 11) is -3.65. The van der Waals surface area contributed by atoms with Crippen molar-refractivity contribution in [2.75, 3.05) is 29.9 Å². The minimum absolute atomic E-state index is 0.205. The molecule has 1 aromatic heterocycles. The third-order valence-electron chi connectivity index (χ3n) is 5.35. The standard InChI is InChI=1S/C22H24ClN5O3S2/c1-15-14-27(22-25-21(26-32-22)13-17-3-5-18(23)6-4-17)11-12-28(15)33(30,31)20-9-7-19(8-10-20)24-16(2)29/h3-10,15H,11-14H2,1-2H3,(H,24,29). The van der Waals surface area contributed by atoms with Crippen LogP contribution in [0.15, 0.2) is 53.4 Å². The second-order valence-corrected chi connectivity index (χ2v) is 11.0. The van der Waals surface area contributed by atoms with Crippen molar-refractivity contribution in [3.63, 3.8) is 0 Å². The Kier molecular flexibility index (Phi) is 6.99. The molecule has 1 aliphatic rings. The number of anilines is 2. The van der Waals surface area contributed by atoms with Crippen LogP contribution in [0.25, 0.3) is 0 Å². The van der Waals surface area contributed by atoms with E-state index in [9.17, 15) is 13.2 Å². The fourth-order valence-corrected chi connectivity index (χ4v) is 6.21. The van der Waals surface area contributed by atoms with Gasteiger partial charge in [-0.3, -0.25) is 4.79 Å². The number of hydrogen-bond donors (Lipinski definition) is 1. The average Bonchev–Trinajstić information content (AvgIpc) is 3.23. The highest BCUT2D eigenvalue weighted by Crippen LogP contribution is 2.27. The molecule has 4 rings (SSSR count). The van der Waals surface area contributed by atoms with Gasteiger partial charge in [0.15, 0.2) is 0 Å². The van der Waals surface area contributed by atoms with Crippen LogP contribution in [-0.4, -0.2) is 53.7 Å². The summed E-state index contributed by atoms with van der Waals surface area (Å²) < 4.78 is 32.4. The maximum Gasteiger partial charge on any atom is 0.243 e. The summed E-state index contributed by atoms with van der Waals surface area (Å²) in [5, 5.41) is 4.13. The van der Waals surface area contributed by atoms with E-state index in [1.807, 2.05) is 31.2 Å². The van der Waals surface area contributed by atoms with Crippen molar-refractivity contribution in [3.05, 3.63) is 64.9 Å². The summed E-state index contributed by atoms with van der Waals surface area (Å²) in [6.07, 6.45) is 0.617. The highest BCUT2D eigenvalue weighted by Gasteiger charge is 2.34. The number of halogens is 1. The smallest absolute Gasteiger partial charge is 0.243 e. The zero-order valence-electron chi connectivity index (χ0n) is 18.2. The van der Waals surface area contributed by atoms with E-state index in [0.29, 0.717) is 36.8 Å². The van der Waals surface area contributed by atoms with Gasteiger partial charge in [0.2, 0.25) is 21.1 Å². The van der Waals surface area contributed by atoms with Crippen LogP contribution in [0.1, 0.15) is 25.2 Å². The van der Waals surface area contributed by atoms with Crippen LogP contribution in [-0.2, 0) is 21.2 Å². The fourth-order valence-electron chi connectivity index (χ4n) is 3.75. The Balaban J connectivity index is 1.41. The van der Waals surface area contributed by atoms with Crippen LogP contribution >= 0.6 is 23.1 Å². The molecular weight excluding hydrogens is 482 g/mol. The molecule has 0 saturated carbocycles. The number of rotatable bonds is 6. The van der Waals surface area contributed by atoms with Crippen molar-refractivity contribution >= 4 is 49.9 Å². The Morgan fingerprint density at radius 1 is 1.15 bits per heavy atom. The molecule has 2 heterocycles. The molecule has 1 unspecified atom stereocenters. The van der Waals surface area contributed by atoms with E-state index >= 15 is 0 Å². The molecule has 2 aromatic carbocycles. The van der Waals surface area contributed by atoms with Gasteiger partial charge >= 0.3 is 0 Å². The van der Waals surface area contributed by atoms with Crippen molar-refractivity contribution in [2.24, 2.45) is 0 Å². The third-order valence-corrected chi connectivity index (χ3v) is 8.45. The molecule has 174 valence electrons. The highest BCUT2D eigenvalue weighted by molar-refractivity contribution is 7.89. The largest absolute Gasteiger partial charge is 0.344 e. The number of hydrogen-bond acceptors (Lipinski definition) is 7. The molecule has 1 amide bonds. The van der Waals surface area contributed by atoms with Gasteiger partial charge in [-0.1, -0.05) is 23.7 Å². The van der Waals surface area contributed by atoms with E-state index in [1.54, 1.807) is 12.1 Å². The molecule has 0 spiro atoms. The summed E-state index contributed by atoms with van der Waals surface area (Å²) in [6.45, 7) is 4.71. The molecule has 0 bridgehead atoms. The second-order valence-electron chi connectivity index (χ2n) is 7.91. The summed E-state index contributed by atoms with van der Waals surface area (Å²) in [4.78, 5) is 18.1. The van der Waals surface area contributed by atoms with E-state index in [4.69, 9.17) is 11.6 Å². The Hall–Kier alpha value is -2.53. The predicted octanol–water partition coefficient (Wildman–Crippen LogP) is 3.64. The molecule has 1 aliphatic heterocycles. The topological polar surface area (TPSA) is 95.5 Å². The minimum atomic E-state index is -3.65. The van der Waals surface area contributed by atoms with Gasteiger partial charge in [-0.25, -0.2) is 13.4 Å². The van der Waals surface area contributed by atoms with Gasteiger partial charge < -0.3 is 10.2 Å². The number of carbonyl (C=O) groups excluding carboxylic acids is 1. The number of carbonyl (C=O) groups is 1. The average molecular weight is 506 g/mol. The van der Waals surface area contributed by atoms with Crippen LogP contribution in [0.5, 0.6) is 0 Å². The van der Waals surface area contributed by atoms with Crippen molar-refractivity contribution < 1.29 is 13.2 Å². The molecule has 1 fully saturated rings. The van der Waals surface area contributed by atoms with Gasteiger partial charge in [0, 0.05) is 61.3 Å². The van der Waals surface area contributed by atoms with Gasteiger partial charge in [-0.15, -0.1) is 0 Å². The molecular formula is C22H24ClN5O3S2. The molecule has 0 radical (unpaired) electrons. The molecule has 1 N–H and O–H groups in total. The first kappa shape index (κ1) is 23.6. The van der Waals surface area contributed by atoms with E-state index in [0.717, 1.165) is 16.5 Å².